The summed E-state index contributed by atoms with van der Waals surface area (Å²) in [6.45, 7) is 0.490. The number of hydrogen-bond donors (Lipinski definition) is 2. The molecule has 0 radical (unpaired) electrons. The van der Waals surface area contributed by atoms with Crippen LogP contribution in [0.25, 0.3) is 0 Å². The molecule has 0 unspecified atom stereocenters. The maximum Gasteiger partial charge on any atom is 0.357 e. The number of aromatic nitrogens is 4. The van der Waals surface area contributed by atoms with Gasteiger partial charge in [-0.1, -0.05) is 23.7 Å². The Hall–Kier alpha value is -3.13. The number of carboxylic acid groups (broad SMARTS) is 1. The summed E-state index contributed by atoms with van der Waals surface area (Å²) < 4.78 is 2.92. The van der Waals surface area contributed by atoms with Crippen LogP contribution in [-0.4, -0.2) is 36.5 Å². The number of aryl methyl sites for hydroxylation is 1. The van der Waals surface area contributed by atoms with Crippen LogP contribution in [-0.2, 0) is 13.6 Å². The minimum atomic E-state index is -1.26. The zero-order chi connectivity index (χ0) is 18.0. The molecule has 0 saturated heterocycles. The number of aromatic carboxylic acids is 1. The van der Waals surface area contributed by atoms with E-state index in [0.717, 1.165) is 5.56 Å². The van der Waals surface area contributed by atoms with E-state index in [0.29, 0.717) is 17.3 Å². The van der Waals surface area contributed by atoms with Crippen molar-refractivity contribution in [3.63, 3.8) is 0 Å². The summed E-state index contributed by atoms with van der Waals surface area (Å²) in [4.78, 5) is 23.4. The number of carbonyl (C=O) groups excluding carboxylic acids is 1. The molecular weight excluding hydrogens is 346 g/mol. The Bertz CT molecular complexity index is 947. The van der Waals surface area contributed by atoms with Crippen LogP contribution in [0.15, 0.2) is 42.9 Å². The van der Waals surface area contributed by atoms with Gasteiger partial charge in [0.1, 0.15) is 0 Å². The first-order valence-electron chi connectivity index (χ1n) is 7.27. The summed E-state index contributed by atoms with van der Waals surface area (Å²) >= 11 is 5.95. The highest BCUT2D eigenvalue weighted by Gasteiger charge is 2.21. The van der Waals surface area contributed by atoms with Crippen LogP contribution in [0, 0.1) is 0 Å². The minimum absolute atomic E-state index is 0.0161. The zero-order valence-corrected chi connectivity index (χ0v) is 13.9. The largest absolute Gasteiger partial charge is 0.476 e. The minimum Gasteiger partial charge on any atom is -0.476 e. The molecule has 128 valence electrons. The summed E-state index contributed by atoms with van der Waals surface area (Å²) in [5.74, 6) is -1.82. The first-order valence-corrected chi connectivity index (χ1v) is 7.65. The van der Waals surface area contributed by atoms with Crippen LogP contribution in [0.2, 0.25) is 5.02 Å². The van der Waals surface area contributed by atoms with Crippen molar-refractivity contribution in [3.8, 4) is 0 Å². The maximum absolute atomic E-state index is 12.3. The molecule has 0 spiro atoms. The molecular formula is C16H14ClN5O3. The Morgan fingerprint density at radius 2 is 2.12 bits per heavy atom. The summed E-state index contributed by atoms with van der Waals surface area (Å²) in [7, 11) is 1.55. The van der Waals surface area contributed by atoms with Gasteiger partial charge < -0.3 is 10.4 Å². The van der Waals surface area contributed by atoms with E-state index in [4.69, 9.17) is 16.7 Å². The van der Waals surface area contributed by atoms with E-state index in [1.54, 1.807) is 24.0 Å². The number of amides is 1. The fraction of sp³-hybridized carbons (Fsp3) is 0.125. The lowest BCUT2D eigenvalue weighted by molar-refractivity contribution is 0.0685. The van der Waals surface area contributed by atoms with E-state index in [2.05, 4.69) is 15.5 Å². The first kappa shape index (κ1) is 16.7. The lowest BCUT2D eigenvalue weighted by Gasteiger charge is -2.03. The van der Waals surface area contributed by atoms with Gasteiger partial charge in [-0.25, -0.2) is 4.79 Å². The van der Waals surface area contributed by atoms with Crippen LogP contribution in [0.5, 0.6) is 0 Å². The Labute approximate surface area is 147 Å². The van der Waals surface area contributed by atoms with E-state index in [1.165, 1.54) is 17.1 Å². The molecule has 0 aliphatic heterocycles. The van der Waals surface area contributed by atoms with Gasteiger partial charge >= 0.3 is 5.97 Å². The molecule has 0 aliphatic rings. The van der Waals surface area contributed by atoms with E-state index in [9.17, 15) is 9.59 Å². The van der Waals surface area contributed by atoms with Crippen LogP contribution in [0.3, 0.4) is 0 Å². The quantitative estimate of drug-likeness (QED) is 0.727. The number of carboxylic acids is 1. The Morgan fingerprint density at radius 1 is 1.32 bits per heavy atom. The van der Waals surface area contributed by atoms with E-state index in [1.807, 2.05) is 18.2 Å². The molecule has 0 aliphatic carbocycles. The van der Waals surface area contributed by atoms with Crippen LogP contribution >= 0.6 is 11.6 Å². The monoisotopic (exact) mass is 359 g/mol. The molecule has 0 fully saturated rings. The number of carbonyl (C=O) groups is 2. The number of rotatable bonds is 5. The van der Waals surface area contributed by atoms with Gasteiger partial charge in [-0.15, -0.1) is 0 Å². The van der Waals surface area contributed by atoms with Gasteiger partial charge in [0.2, 0.25) is 0 Å². The van der Waals surface area contributed by atoms with Gasteiger partial charge in [-0.05, 0) is 17.7 Å². The van der Waals surface area contributed by atoms with Crippen molar-refractivity contribution < 1.29 is 14.7 Å². The predicted molar refractivity (Wildman–Crippen MR) is 90.9 cm³/mol. The van der Waals surface area contributed by atoms with Gasteiger partial charge in [-0.3, -0.25) is 14.2 Å². The fourth-order valence-electron chi connectivity index (χ4n) is 2.35. The Kier molecular flexibility index (Phi) is 4.53. The van der Waals surface area contributed by atoms with Gasteiger partial charge in [0.25, 0.3) is 5.91 Å². The summed E-state index contributed by atoms with van der Waals surface area (Å²) in [5, 5.41) is 20.3. The molecule has 0 bridgehead atoms. The molecule has 1 aromatic carbocycles. The lowest BCUT2D eigenvalue weighted by Crippen LogP contribution is -2.15. The van der Waals surface area contributed by atoms with E-state index < -0.39 is 11.9 Å². The number of benzene rings is 1. The molecule has 9 heteroatoms. The number of nitrogens with zero attached hydrogens (tertiary/aromatic N) is 4. The summed E-state index contributed by atoms with van der Waals surface area (Å²) in [6, 6.07) is 7.38. The van der Waals surface area contributed by atoms with Crippen LogP contribution in [0.1, 0.15) is 26.4 Å². The van der Waals surface area contributed by atoms with Crippen LogP contribution < -0.4 is 5.32 Å². The molecule has 3 rings (SSSR count). The fourth-order valence-corrected chi connectivity index (χ4v) is 2.56. The molecule has 2 heterocycles. The molecule has 3 aromatic rings. The van der Waals surface area contributed by atoms with Crippen molar-refractivity contribution in [1.29, 1.82) is 0 Å². The van der Waals surface area contributed by atoms with Gasteiger partial charge in [0.15, 0.2) is 5.69 Å². The first-order chi connectivity index (χ1) is 11.9. The second kappa shape index (κ2) is 6.78. The van der Waals surface area contributed by atoms with Crippen molar-refractivity contribution in [2.75, 3.05) is 5.32 Å². The van der Waals surface area contributed by atoms with Gasteiger partial charge in [0, 0.05) is 24.5 Å². The van der Waals surface area contributed by atoms with Crippen molar-refractivity contribution in [2.24, 2.45) is 7.05 Å². The number of hydrogen-bond acceptors (Lipinski definition) is 4. The number of halogens is 1. The normalized spacial score (nSPS) is 10.6. The molecule has 2 aromatic heterocycles. The SMILES string of the molecule is Cn1cc(C(=O)Nc2cnn(Cc3cccc(Cl)c3)c2)c(C(=O)O)n1. The topological polar surface area (TPSA) is 102 Å². The Morgan fingerprint density at radius 3 is 2.84 bits per heavy atom. The smallest absolute Gasteiger partial charge is 0.357 e. The molecule has 0 saturated carbocycles. The van der Waals surface area contributed by atoms with Crippen molar-refractivity contribution in [2.45, 2.75) is 6.54 Å². The molecule has 2 N–H and O–H groups in total. The lowest BCUT2D eigenvalue weighted by atomic mass is 10.2. The average Bonchev–Trinajstić information content (AvgIpc) is 3.14. The maximum atomic E-state index is 12.3. The summed E-state index contributed by atoms with van der Waals surface area (Å²) in [6.07, 6.45) is 4.49. The predicted octanol–water partition coefficient (Wildman–Crippen LogP) is 2.27. The highest BCUT2D eigenvalue weighted by Crippen LogP contribution is 2.14. The van der Waals surface area contributed by atoms with Gasteiger partial charge in [0.05, 0.1) is 24.0 Å². The highest BCUT2D eigenvalue weighted by atomic mass is 35.5. The van der Waals surface area contributed by atoms with E-state index >= 15 is 0 Å². The number of anilines is 1. The second-order valence-corrected chi connectivity index (χ2v) is 5.82. The molecule has 8 nitrogen and oxygen atoms in total. The highest BCUT2D eigenvalue weighted by molar-refractivity contribution is 6.30. The second-order valence-electron chi connectivity index (χ2n) is 5.38. The molecule has 0 atom stereocenters. The third-order valence-corrected chi connectivity index (χ3v) is 3.64. The van der Waals surface area contributed by atoms with Crippen LogP contribution in [0.4, 0.5) is 5.69 Å². The standard InChI is InChI=1S/C16H14ClN5O3/c1-21-9-13(14(20-21)16(24)25)15(23)19-12-6-18-22(8-12)7-10-3-2-4-11(17)5-10/h2-6,8-9H,7H2,1H3,(H,19,23)(H,24,25). The van der Waals surface area contributed by atoms with E-state index in [-0.39, 0.29) is 11.3 Å². The molecule has 25 heavy (non-hydrogen) atoms. The third kappa shape index (κ3) is 3.86. The Balaban J connectivity index is 1.73. The number of nitrogens with one attached hydrogen (secondary N) is 1. The summed E-state index contributed by atoms with van der Waals surface area (Å²) in [5.41, 5.74) is 1.10. The van der Waals surface area contributed by atoms with Crippen molar-refractivity contribution in [1.82, 2.24) is 19.6 Å². The zero-order valence-electron chi connectivity index (χ0n) is 13.2. The molecule has 1 amide bonds. The third-order valence-electron chi connectivity index (χ3n) is 3.40. The average molecular weight is 360 g/mol. The van der Waals surface area contributed by atoms with Crippen molar-refractivity contribution in [3.05, 3.63) is 64.7 Å². The van der Waals surface area contributed by atoms with Gasteiger partial charge in [-0.2, -0.15) is 10.2 Å². The van der Waals surface area contributed by atoms with Crippen molar-refractivity contribution >= 4 is 29.2 Å².